The molecule has 0 atom stereocenters. The summed E-state index contributed by atoms with van der Waals surface area (Å²) in [5.74, 6) is -3.24. The zero-order chi connectivity index (χ0) is 50.7. The number of H-pyrrole nitrogens is 2. The summed E-state index contributed by atoms with van der Waals surface area (Å²) in [6.45, 7) is 1.73. The quantitative estimate of drug-likeness (QED) is 0.0517. The number of imidazole rings is 2. The number of carbonyl (C=O) groups excluding carboxylic acids is 2. The average Bonchev–Trinajstić information content (AvgIpc) is 4.11. The number of carbonyl (C=O) groups is 2. The number of hydrogen-bond donors (Lipinski definition) is 6. The molecule has 6 heterocycles. The van der Waals surface area contributed by atoms with E-state index in [0.29, 0.717) is 23.3 Å². The first-order chi connectivity index (χ1) is 35.4. The third-order valence-corrected chi connectivity index (χ3v) is 12.0. The Morgan fingerprint density at radius 2 is 1.08 bits per heavy atom. The van der Waals surface area contributed by atoms with Crippen LogP contribution in [0, 0.1) is 0 Å². The van der Waals surface area contributed by atoms with Crippen LogP contribution in [-0.2, 0) is 18.9 Å². The minimum absolute atomic E-state index is 0.0664. The Morgan fingerprint density at radius 3 is 1.58 bits per heavy atom. The molecule has 4 aromatic carbocycles. The largest absolute Gasteiger partial charge is 0.352 e. The molecule has 0 fully saturated rings. The van der Waals surface area contributed by atoms with Crippen LogP contribution in [0.1, 0.15) is 57.2 Å². The maximum Gasteiger partial charge on any atom is 0.270 e. The van der Waals surface area contributed by atoms with E-state index < -0.39 is 5.92 Å². The summed E-state index contributed by atoms with van der Waals surface area (Å²) in [6.07, 6.45) is 13.3. The Morgan fingerprint density at radius 1 is 0.575 bits per heavy atom. The molecule has 366 valence electrons. The molecule has 6 N–H and O–H groups in total. The lowest BCUT2D eigenvalue weighted by atomic mass is 10.1. The number of halogens is 2. The second-order valence-electron chi connectivity index (χ2n) is 17.3. The number of fused-ring (bicyclic) bond motifs is 2. The highest BCUT2D eigenvalue weighted by atomic mass is 19.3. The number of hydrogen-bond acceptors (Lipinski definition) is 8. The Kier molecular flexibility index (Phi) is 14.7. The first-order valence-corrected chi connectivity index (χ1v) is 23.6. The standard InChI is InChI=1S/C29H27N5O2.C28H23F2N5O2/c35-27-20-23(15-17-30-27)26-14-13-25(28-31-18-19-34(26)28)33-24-11-9-22(10-12-24)29(36)32-16-5-4-8-21-6-2-1-3-7-21;1-28(29,30)21-6-2-18(3-7-21)17-33-27(37)19-4-8-22(9-5-19)34-23-10-11-24(35-15-14-32-26(23)35)20-12-13-31-25(36)16-20/h1-3,6-7,9-15,17-20,33H,4-5,8,16H2,(H,30,35)(H,32,36);2-16,34H,17H2,1H3,(H,31,36)(H,33,37). The minimum Gasteiger partial charge on any atom is -0.352 e. The highest BCUT2D eigenvalue weighted by Gasteiger charge is 2.23. The van der Waals surface area contributed by atoms with E-state index in [1.165, 1.54) is 23.8 Å². The second-order valence-corrected chi connectivity index (χ2v) is 17.3. The topological polar surface area (TPSA) is 183 Å². The Hall–Kier alpha value is -9.44. The fraction of sp³-hybridized carbons (Fsp3) is 0.123. The van der Waals surface area contributed by atoms with Gasteiger partial charge in [0.2, 0.25) is 11.1 Å². The monoisotopic (exact) mass is 976 g/mol. The number of aromatic nitrogens is 6. The molecule has 0 saturated carbocycles. The molecule has 2 amide bonds. The van der Waals surface area contributed by atoms with Crippen LogP contribution >= 0.6 is 0 Å². The number of aryl methyl sites for hydroxylation is 1. The van der Waals surface area contributed by atoms with Gasteiger partial charge in [-0.1, -0.05) is 54.6 Å². The van der Waals surface area contributed by atoms with E-state index in [9.17, 15) is 28.0 Å². The van der Waals surface area contributed by atoms with Gasteiger partial charge >= 0.3 is 0 Å². The van der Waals surface area contributed by atoms with Gasteiger partial charge < -0.3 is 31.2 Å². The normalized spacial score (nSPS) is 11.2. The van der Waals surface area contributed by atoms with Gasteiger partial charge in [-0.05, 0) is 115 Å². The van der Waals surface area contributed by atoms with E-state index in [4.69, 9.17) is 0 Å². The maximum atomic E-state index is 13.4. The number of nitrogens with zero attached hydrogens (tertiary/aromatic N) is 4. The Labute approximate surface area is 417 Å². The van der Waals surface area contributed by atoms with E-state index in [1.807, 2.05) is 87.9 Å². The van der Waals surface area contributed by atoms with Crippen molar-refractivity contribution in [1.82, 2.24) is 39.4 Å². The van der Waals surface area contributed by atoms with Crippen LogP contribution in [-0.4, -0.2) is 47.1 Å². The predicted octanol–water partition coefficient (Wildman–Crippen LogP) is 10.7. The third kappa shape index (κ3) is 12.1. The summed E-state index contributed by atoms with van der Waals surface area (Å²) >= 11 is 0. The van der Waals surface area contributed by atoms with Crippen molar-refractivity contribution in [3.05, 3.63) is 237 Å². The molecule has 6 aromatic heterocycles. The van der Waals surface area contributed by atoms with Crippen LogP contribution < -0.4 is 32.4 Å². The molecule has 10 rings (SSSR count). The van der Waals surface area contributed by atoms with Gasteiger partial charge in [0.15, 0.2) is 11.3 Å². The second kappa shape index (κ2) is 22.1. The molecular formula is C57H50F2N10O4. The lowest BCUT2D eigenvalue weighted by Gasteiger charge is -2.12. The summed E-state index contributed by atoms with van der Waals surface area (Å²) in [7, 11) is 0. The summed E-state index contributed by atoms with van der Waals surface area (Å²) in [5.41, 5.74) is 10.6. The number of benzene rings is 4. The fourth-order valence-electron chi connectivity index (χ4n) is 8.23. The number of rotatable bonds is 16. The summed E-state index contributed by atoms with van der Waals surface area (Å²) in [4.78, 5) is 62.7. The van der Waals surface area contributed by atoms with Crippen LogP contribution in [0.3, 0.4) is 0 Å². The van der Waals surface area contributed by atoms with E-state index in [2.05, 4.69) is 65.5 Å². The van der Waals surface area contributed by atoms with Gasteiger partial charge in [0, 0.05) is 109 Å². The zero-order valence-electron chi connectivity index (χ0n) is 39.6. The lowest BCUT2D eigenvalue weighted by molar-refractivity contribution is 0.0174. The number of pyridine rings is 4. The number of amides is 2. The molecule has 10 aromatic rings. The molecule has 14 nitrogen and oxygen atoms in total. The number of alkyl halides is 2. The molecule has 0 saturated heterocycles. The van der Waals surface area contributed by atoms with Crippen molar-refractivity contribution < 1.29 is 18.4 Å². The minimum atomic E-state index is -2.90. The Balaban J connectivity index is 0.000000180. The highest BCUT2D eigenvalue weighted by Crippen LogP contribution is 2.30. The van der Waals surface area contributed by atoms with Crippen LogP contribution in [0.5, 0.6) is 0 Å². The molecule has 0 aliphatic carbocycles. The van der Waals surface area contributed by atoms with Gasteiger partial charge in [-0.25, -0.2) is 18.7 Å². The van der Waals surface area contributed by atoms with Crippen LogP contribution in [0.15, 0.2) is 198 Å². The van der Waals surface area contributed by atoms with Crippen molar-refractivity contribution in [2.75, 3.05) is 17.2 Å². The molecule has 0 aliphatic heterocycles. The molecule has 0 unspecified atom stereocenters. The van der Waals surface area contributed by atoms with Gasteiger partial charge in [0.25, 0.3) is 17.7 Å². The van der Waals surface area contributed by atoms with E-state index >= 15 is 0 Å². The molecule has 73 heavy (non-hydrogen) atoms. The van der Waals surface area contributed by atoms with Crippen molar-refractivity contribution in [3.63, 3.8) is 0 Å². The first-order valence-electron chi connectivity index (χ1n) is 23.6. The summed E-state index contributed by atoms with van der Waals surface area (Å²) in [5, 5.41) is 12.5. The zero-order valence-corrected chi connectivity index (χ0v) is 39.6. The van der Waals surface area contributed by atoms with Crippen molar-refractivity contribution >= 4 is 45.9 Å². The van der Waals surface area contributed by atoms with Gasteiger partial charge in [0.1, 0.15) is 0 Å². The van der Waals surface area contributed by atoms with Crippen LogP contribution in [0.25, 0.3) is 33.8 Å². The predicted molar refractivity (Wildman–Crippen MR) is 281 cm³/mol. The van der Waals surface area contributed by atoms with Crippen molar-refractivity contribution in [2.24, 2.45) is 0 Å². The van der Waals surface area contributed by atoms with Gasteiger partial charge in [-0.15, -0.1) is 0 Å². The molecule has 0 radical (unpaired) electrons. The molecular weight excluding hydrogens is 927 g/mol. The summed E-state index contributed by atoms with van der Waals surface area (Å²) < 4.78 is 30.6. The summed E-state index contributed by atoms with van der Waals surface area (Å²) in [6, 6.07) is 45.1. The van der Waals surface area contributed by atoms with E-state index in [1.54, 1.807) is 67.3 Å². The number of anilines is 4. The van der Waals surface area contributed by atoms with Crippen molar-refractivity contribution in [2.45, 2.75) is 38.7 Å². The third-order valence-electron chi connectivity index (χ3n) is 12.0. The smallest absolute Gasteiger partial charge is 0.270 e. The van der Waals surface area contributed by atoms with Gasteiger partial charge in [0.05, 0.1) is 22.8 Å². The first kappa shape index (κ1) is 48.6. The molecule has 16 heteroatoms. The van der Waals surface area contributed by atoms with Crippen molar-refractivity contribution in [3.8, 4) is 22.5 Å². The van der Waals surface area contributed by atoms with Crippen LogP contribution in [0.4, 0.5) is 31.5 Å². The highest BCUT2D eigenvalue weighted by molar-refractivity contribution is 5.95. The van der Waals surface area contributed by atoms with Gasteiger partial charge in [-0.2, -0.15) is 0 Å². The van der Waals surface area contributed by atoms with E-state index in [0.717, 1.165) is 82.7 Å². The fourth-order valence-corrected chi connectivity index (χ4v) is 8.23. The SMILES string of the molecule is CC(F)(F)c1ccc(CNC(=O)c2ccc(Nc3ccc(-c4cc[nH]c(=O)c4)n4ccnc34)cc2)cc1.O=C(NCCCCc1ccccc1)c1ccc(Nc2ccc(-c3cc[nH]c(=O)c3)n3ccnc23)cc1. The molecule has 0 aliphatic rings. The van der Waals surface area contributed by atoms with Crippen LogP contribution in [0.2, 0.25) is 0 Å². The number of nitrogens with one attached hydrogen (secondary N) is 6. The maximum absolute atomic E-state index is 13.4. The molecule has 0 spiro atoms. The Bertz CT molecular complexity index is 3620. The van der Waals surface area contributed by atoms with Crippen molar-refractivity contribution in [1.29, 1.82) is 0 Å². The number of unbranched alkanes of at least 4 members (excludes halogenated alkanes) is 1. The lowest BCUT2D eigenvalue weighted by Crippen LogP contribution is -2.24. The molecule has 0 bridgehead atoms. The van der Waals surface area contributed by atoms with E-state index in [-0.39, 0.29) is 35.0 Å². The van der Waals surface area contributed by atoms with Gasteiger partial charge in [-0.3, -0.25) is 28.0 Å². The number of aromatic amines is 2. The average molecular weight is 977 g/mol.